The quantitative estimate of drug-likeness (QED) is 0.643. The van der Waals surface area contributed by atoms with E-state index in [0.717, 1.165) is 31.5 Å². The van der Waals surface area contributed by atoms with Crippen LogP contribution in [-0.4, -0.2) is 26.3 Å². The zero-order valence-corrected chi connectivity index (χ0v) is 11.1. The van der Waals surface area contributed by atoms with Crippen molar-refractivity contribution >= 4 is 0 Å². The molecule has 0 heterocycles. The van der Waals surface area contributed by atoms with Crippen LogP contribution in [0.4, 0.5) is 0 Å². The summed E-state index contributed by atoms with van der Waals surface area (Å²) >= 11 is 0. The summed E-state index contributed by atoms with van der Waals surface area (Å²) in [6.45, 7) is 8.71. The molecule has 1 aliphatic rings. The third kappa shape index (κ3) is 5.31. The second kappa shape index (κ2) is 9.00. The van der Waals surface area contributed by atoms with Crippen LogP contribution in [0.2, 0.25) is 0 Å². The molecule has 0 aromatic rings. The number of hydrogen-bond acceptors (Lipinski definition) is 2. The fraction of sp³-hybridized carbons (Fsp3) is 1.00. The van der Waals surface area contributed by atoms with Crippen molar-refractivity contribution in [2.24, 2.45) is 11.8 Å². The Bertz CT molecular complexity index is 143. The van der Waals surface area contributed by atoms with Gasteiger partial charge in [-0.2, -0.15) is 0 Å². The van der Waals surface area contributed by atoms with Crippen molar-refractivity contribution in [3.63, 3.8) is 0 Å². The van der Waals surface area contributed by atoms with E-state index in [2.05, 4.69) is 19.2 Å². The van der Waals surface area contributed by atoms with E-state index < -0.39 is 0 Å². The third-order valence-corrected chi connectivity index (χ3v) is 3.58. The first kappa shape index (κ1) is 14.0. The number of ether oxygens (including phenoxy) is 1. The first-order valence-electron chi connectivity index (χ1n) is 7.16. The van der Waals surface area contributed by atoms with E-state index in [1.807, 2.05) is 0 Å². The van der Waals surface area contributed by atoms with Crippen molar-refractivity contribution in [1.82, 2.24) is 5.32 Å². The van der Waals surface area contributed by atoms with Crippen LogP contribution in [-0.2, 0) is 4.74 Å². The Kier molecular flexibility index (Phi) is 7.87. The largest absolute Gasteiger partial charge is 0.381 e. The molecule has 2 heteroatoms. The molecule has 1 aliphatic carbocycles. The minimum Gasteiger partial charge on any atom is -0.381 e. The molecule has 96 valence electrons. The van der Waals surface area contributed by atoms with Crippen LogP contribution in [0.5, 0.6) is 0 Å². The molecule has 1 N–H and O–H groups in total. The fourth-order valence-electron chi connectivity index (χ4n) is 2.62. The lowest BCUT2D eigenvalue weighted by atomic mass is 9.79. The van der Waals surface area contributed by atoms with Gasteiger partial charge in [0.15, 0.2) is 0 Å². The summed E-state index contributed by atoms with van der Waals surface area (Å²) in [5.41, 5.74) is 0. The molecule has 0 aliphatic heterocycles. The van der Waals surface area contributed by atoms with Gasteiger partial charge < -0.3 is 10.1 Å². The predicted octanol–water partition coefficient (Wildman–Crippen LogP) is 3.22. The summed E-state index contributed by atoms with van der Waals surface area (Å²) in [7, 11) is 0. The van der Waals surface area contributed by atoms with Crippen LogP contribution in [0.1, 0.15) is 52.4 Å². The van der Waals surface area contributed by atoms with E-state index in [9.17, 15) is 0 Å². The molecule has 2 nitrogen and oxygen atoms in total. The number of nitrogens with one attached hydrogen (secondary N) is 1. The average Bonchev–Trinajstić information content (AvgIpc) is 2.32. The molecule has 2 unspecified atom stereocenters. The molecule has 1 saturated carbocycles. The van der Waals surface area contributed by atoms with Gasteiger partial charge in [0.1, 0.15) is 0 Å². The van der Waals surface area contributed by atoms with E-state index in [-0.39, 0.29) is 0 Å². The third-order valence-electron chi connectivity index (χ3n) is 3.58. The lowest BCUT2D eigenvalue weighted by Crippen LogP contribution is -2.33. The van der Waals surface area contributed by atoms with Gasteiger partial charge in [-0.3, -0.25) is 0 Å². The highest BCUT2D eigenvalue weighted by atomic mass is 16.5. The average molecular weight is 227 g/mol. The minimum absolute atomic E-state index is 0.810. The van der Waals surface area contributed by atoms with E-state index in [1.54, 1.807) is 0 Å². The second-order valence-electron chi connectivity index (χ2n) is 5.08. The summed E-state index contributed by atoms with van der Waals surface area (Å²) in [5, 5.41) is 3.57. The summed E-state index contributed by atoms with van der Waals surface area (Å²) in [5.74, 6) is 1.67. The normalized spacial score (nSPS) is 25.9. The molecule has 0 spiro atoms. The summed E-state index contributed by atoms with van der Waals surface area (Å²) in [6.07, 6.45) is 7.99. The summed E-state index contributed by atoms with van der Waals surface area (Å²) in [4.78, 5) is 0. The van der Waals surface area contributed by atoms with E-state index in [1.165, 1.54) is 45.2 Å². The molecular formula is C14H29NO. The Morgan fingerprint density at radius 2 is 1.81 bits per heavy atom. The van der Waals surface area contributed by atoms with Gasteiger partial charge in [-0.05, 0) is 50.6 Å². The van der Waals surface area contributed by atoms with Crippen LogP contribution in [0.15, 0.2) is 0 Å². The van der Waals surface area contributed by atoms with Crippen LogP contribution in [0.3, 0.4) is 0 Å². The standard InChI is InChI=1S/C14H29NO/c1-3-9-15-11-13-7-5-6-8-14(13)12-16-10-4-2/h13-15H,3-12H2,1-2H3. The molecule has 2 atom stereocenters. The Balaban J connectivity index is 2.20. The maximum absolute atomic E-state index is 5.73. The second-order valence-corrected chi connectivity index (χ2v) is 5.08. The van der Waals surface area contributed by atoms with Gasteiger partial charge in [0.2, 0.25) is 0 Å². The maximum atomic E-state index is 5.73. The van der Waals surface area contributed by atoms with E-state index in [0.29, 0.717) is 0 Å². The van der Waals surface area contributed by atoms with Gasteiger partial charge in [0.05, 0.1) is 0 Å². The first-order chi connectivity index (χ1) is 7.88. The van der Waals surface area contributed by atoms with Crippen molar-refractivity contribution in [3.8, 4) is 0 Å². The van der Waals surface area contributed by atoms with E-state index >= 15 is 0 Å². The van der Waals surface area contributed by atoms with Crippen molar-refractivity contribution in [2.75, 3.05) is 26.3 Å². The van der Waals surface area contributed by atoms with Gasteiger partial charge in [-0.25, -0.2) is 0 Å². The van der Waals surface area contributed by atoms with Crippen molar-refractivity contribution in [2.45, 2.75) is 52.4 Å². The van der Waals surface area contributed by atoms with Crippen molar-refractivity contribution < 1.29 is 4.74 Å². The lowest BCUT2D eigenvalue weighted by Gasteiger charge is -2.31. The van der Waals surface area contributed by atoms with Crippen LogP contribution < -0.4 is 5.32 Å². The van der Waals surface area contributed by atoms with Crippen LogP contribution in [0.25, 0.3) is 0 Å². The fourth-order valence-corrected chi connectivity index (χ4v) is 2.62. The van der Waals surface area contributed by atoms with Crippen molar-refractivity contribution in [1.29, 1.82) is 0 Å². The Morgan fingerprint density at radius 1 is 1.06 bits per heavy atom. The molecular weight excluding hydrogens is 198 g/mol. The molecule has 0 saturated heterocycles. The zero-order valence-electron chi connectivity index (χ0n) is 11.1. The SMILES string of the molecule is CCCNCC1CCCCC1COCCC. The highest BCUT2D eigenvalue weighted by molar-refractivity contribution is 4.77. The van der Waals surface area contributed by atoms with Crippen LogP contribution >= 0.6 is 0 Å². The molecule has 0 bridgehead atoms. The molecule has 0 amide bonds. The Labute approximate surface area is 101 Å². The van der Waals surface area contributed by atoms with Gasteiger partial charge in [-0.1, -0.05) is 26.7 Å². The molecule has 1 rings (SSSR count). The van der Waals surface area contributed by atoms with Gasteiger partial charge in [-0.15, -0.1) is 0 Å². The van der Waals surface area contributed by atoms with Crippen molar-refractivity contribution in [3.05, 3.63) is 0 Å². The predicted molar refractivity (Wildman–Crippen MR) is 69.7 cm³/mol. The maximum Gasteiger partial charge on any atom is 0.0497 e. The molecule has 0 aromatic heterocycles. The first-order valence-corrected chi connectivity index (χ1v) is 7.16. The number of hydrogen-bond donors (Lipinski definition) is 1. The Hall–Kier alpha value is -0.0800. The summed E-state index contributed by atoms with van der Waals surface area (Å²) in [6, 6.07) is 0. The smallest absolute Gasteiger partial charge is 0.0497 e. The highest BCUT2D eigenvalue weighted by Gasteiger charge is 2.24. The number of rotatable bonds is 8. The van der Waals surface area contributed by atoms with Gasteiger partial charge in [0.25, 0.3) is 0 Å². The lowest BCUT2D eigenvalue weighted by molar-refractivity contribution is 0.0592. The Morgan fingerprint density at radius 3 is 2.50 bits per heavy atom. The van der Waals surface area contributed by atoms with Gasteiger partial charge in [0, 0.05) is 13.2 Å². The highest BCUT2D eigenvalue weighted by Crippen LogP contribution is 2.29. The van der Waals surface area contributed by atoms with Gasteiger partial charge >= 0.3 is 0 Å². The molecule has 16 heavy (non-hydrogen) atoms. The monoisotopic (exact) mass is 227 g/mol. The molecule has 0 radical (unpaired) electrons. The van der Waals surface area contributed by atoms with E-state index in [4.69, 9.17) is 4.74 Å². The topological polar surface area (TPSA) is 21.3 Å². The van der Waals surface area contributed by atoms with Crippen LogP contribution in [0, 0.1) is 11.8 Å². The summed E-state index contributed by atoms with van der Waals surface area (Å²) < 4.78 is 5.73. The molecule has 1 fully saturated rings. The molecule has 0 aromatic carbocycles. The minimum atomic E-state index is 0.810. The zero-order chi connectivity index (χ0) is 11.6.